The van der Waals surface area contributed by atoms with Crippen LogP contribution in [0.2, 0.25) is 0 Å². The van der Waals surface area contributed by atoms with E-state index < -0.39 is 39.3 Å². The number of hydrogen-bond donors (Lipinski definition) is 0. The van der Waals surface area contributed by atoms with Gasteiger partial charge in [0, 0.05) is 0 Å². The topological polar surface area (TPSA) is 17.1 Å². The van der Waals surface area contributed by atoms with Crippen LogP contribution in [0.4, 0.5) is 22.0 Å². The Bertz CT molecular complexity index is 388. The molecular weight excluding hydrogens is 275 g/mol. The number of hydrogen-bond acceptors (Lipinski definition) is 1. The highest BCUT2D eigenvalue weighted by Crippen LogP contribution is 2.28. The third kappa shape index (κ3) is 1.52. The van der Waals surface area contributed by atoms with Crippen LogP contribution in [0.1, 0.15) is 10.4 Å². The Hall–Kier alpha value is -0.980. The van der Waals surface area contributed by atoms with Gasteiger partial charge in [-0.1, -0.05) is 0 Å². The van der Waals surface area contributed by atoms with Gasteiger partial charge in [-0.3, -0.25) is 4.79 Å². The van der Waals surface area contributed by atoms with Gasteiger partial charge in [0.25, 0.3) is 0 Å². The number of rotatable bonds is 1. The Morgan fingerprint density at radius 3 is 1.57 bits per heavy atom. The van der Waals surface area contributed by atoms with E-state index in [0.717, 1.165) is 0 Å². The molecule has 0 bridgehead atoms. The first-order valence-corrected chi connectivity index (χ1v) is 3.88. The van der Waals surface area contributed by atoms with Gasteiger partial charge in [0.15, 0.2) is 23.3 Å². The Morgan fingerprint density at radius 1 is 0.929 bits per heavy atom. The maximum atomic E-state index is 12.7. The van der Waals surface area contributed by atoms with Crippen molar-refractivity contribution in [3.8, 4) is 0 Å². The van der Waals surface area contributed by atoms with E-state index in [9.17, 15) is 26.7 Å². The fourth-order valence-electron chi connectivity index (χ4n) is 0.777. The lowest BCUT2D eigenvalue weighted by Gasteiger charge is -2.03. The molecule has 0 heterocycles. The van der Waals surface area contributed by atoms with E-state index in [-0.39, 0.29) is 0 Å². The van der Waals surface area contributed by atoms with Crippen molar-refractivity contribution in [1.82, 2.24) is 0 Å². The minimum absolute atomic E-state index is 1.13. The molecule has 0 amide bonds. The van der Waals surface area contributed by atoms with E-state index in [4.69, 9.17) is 0 Å². The van der Waals surface area contributed by atoms with Crippen molar-refractivity contribution in [1.29, 1.82) is 0 Å². The molecule has 0 N–H and O–H groups in total. The van der Waals surface area contributed by atoms with Gasteiger partial charge in [0.1, 0.15) is 5.56 Å². The average molecular weight is 275 g/mol. The van der Waals surface area contributed by atoms with Crippen LogP contribution in [-0.4, -0.2) is 6.04 Å². The minimum atomic E-state index is -2.58. The fraction of sp³-hybridized carbons (Fsp3) is 0. The predicted octanol–water partition coefficient (Wildman–Crippen LogP) is 3.12. The molecular formula is C7BrF5O. The van der Waals surface area contributed by atoms with Crippen LogP contribution in [0.3, 0.4) is 0 Å². The van der Waals surface area contributed by atoms with Gasteiger partial charge >= 0.3 is 6.04 Å². The van der Waals surface area contributed by atoms with Gasteiger partial charge in [0.2, 0.25) is 0 Å². The molecule has 0 fully saturated rings. The summed E-state index contributed by atoms with van der Waals surface area (Å²) < 4.78 is 61.5. The average Bonchev–Trinajstić information content (AvgIpc) is 2.11. The molecule has 0 aromatic heterocycles. The van der Waals surface area contributed by atoms with Crippen molar-refractivity contribution in [3.05, 3.63) is 33.3 Å². The maximum absolute atomic E-state index is 12.7. The second-order valence-electron chi connectivity index (χ2n) is 2.22. The summed E-state index contributed by atoms with van der Waals surface area (Å²) in [6.45, 7) is 0. The van der Waals surface area contributed by atoms with Crippen LogP contribution in [0.25, 0.3) is 0 Å². The molecule has 1 aromatic rings. The maximum Gasteiger partial charge on any atom is 0.338 e. The molecule has 0 spiro atoms. The second kappa shape index (κ2) is 3.64. The number of halogens is 6. The summed E-state index contributed by atoms with van der Waals surface area (Å²) in [7, 11) is 0. The van der Waals surface area contributed by atoms with E-state index in [1.165, 1.54) is 0 Å². The Labute approximate surface area is 82.7 Å². The van der Waals surface area contributed by atoms with Crippen molar-refractivity contribution in [2.75, 3.05) is 0 Å². The van der Waals surface area contributed by atoms with Crippen LogP contribution < -0.4 is 0 Å². The summed E-state index contributed by atoms with van der Waals surface area (Å²) in [5.74, 6) is -7.85. The molecule has 1 aromatic carbocycles. The van der Waals surface area contributed by atoms with Gasteiger partial charge in [-0.25, -0.2) is 17.6 Å². The van der Waals surface area contributed by atoms with Gasteiger partial charge in [-0.2, -0.15) is 4.39 Å². The van der Waals surface area contributed by atoms with Crippen molar-refractivity contribution in [2.24, 2.45) is 0 Å². The Morgan fingerprint density at radius 2 is 1.29 bits per heavy atom. The van der Waals surface area contributed by atoms with Crippen LogP contribution in [0, 0.1) is 23.3 Å². The molecule has 0 radical (unpaired) electrons. The lowest BCUT2D eigenvalue weighted by Crippen LogP contribution is -2.07. The molecule has 1 nitrogen and oxygen atoms in total. The Balaban J connectivity index is 3.68. The first-order valence-electron chi connectivity index (χ1n) is 3.09. The van der Waals surface area contributed by atoms with Crippen LogP contribution >= 0.6 is 15.9 Å². The van der Waals surface area contributed by atoms with Gasteiger partial charge in [0.05, 0.1) is 4.47 Å². The molecule has 0 saturated heterocycles. The van der Waals surface area contributed by atoms with Gasteiger partial charge in [-0.05, 0) is 15.9 Å². The van der Waals surface area contributed by atoms with Crippen molar-refractivity contribution < 1.29 is 26.7 Å². The monoisotopic (exact) mass is 274 g/mol. The largest absolute Gasteiger partial charge is 0.338 e. The molecule has 0 atom stereocenters. The van der Waals surface area contributed by atoms with E-state index in [1.807, 2.05) is 0 Å². The number of carbonyl (C=O) groups is 1. The summed E-state index contributed by atoms with van der Waals surface area (Å²) in [6, 6.07) is -2.58. The standard InChI is InChI=1S/C7BrF5O/c8-2-5(11)3(9)1(7(13)14)4(10)6(2)12. The molecule has 0 aliphatic carbocycles. The minimum Gasteiger partial charge on any atom is -0.255 e. The number of benzene rings is 1. The summed E-state index contributed by atoms with van der Waals surface area (Å²) in [5.41, 5.74) is -1.87. The van der Waals surface area contributed by atoms with E-state index in [1.54, 1.807) is 0 Å². The fourth-order valence-corrected chi connectivity index (χ4v) is 1.13. The highest BCUT2D eigenvalue weighted by atomic mass is 79.9. The van der Waals surface area contributed by atoms with Gasteiger partial charge < -0.3 is 0 Å². The predicted molar refractivity (Wildman–Crippen MR) is 39.4 cm³/mol. The van der Waals surface area contributed by atoms with E-state index in [0.29, 0.717) is 0 Å². The van der Waals surface area contributed by atoms with Crippen molar-refractivity contribution in [2.45, 2.75) is 0 Å². The van der Waals surface area contributed by atoms with Crippen LogP contribution in [0.15, 0.2) is 4.47 Å². The van der Waals surface area contributed by atoms with Crippen molar-refractivity contribution in [3.63, 3.8) is 0 Å². The van der Waals surface area contributed by atoms with E-state index >= 15 is 0 Å². The smallest absolute Gasteiger partial charge is 0.255 e. The van der Waals surface area contributed by atoms with Crippen LogP contribution in [0.5, 0.6) is 0 Å². The lowest BCUT2D eigenvalue weighted by atomic mass is 10.2. The highest BCUT2D eigenvalue weighted by molar-refractivity contribution is 9.10. The zero-order valence-electron chi connectivity index (χ0n) is 6.18. The molecule has 76 valence electrons. The zero-order valence-corrected chi connectivity index (χ0v) is 7.76. The van der Waals surface area contributed by atoms with Gasteiger partial charge in [-0.15, -0.1) is 0 Å². The third-order valence-corrected chi connectivity index (χ3v) is 2.10. The normalized spacial score (nSPS) is 10.4. The summed E-state index contributed by atoms with van der Waals surface area (Å²) in [6.07, 6.45) is 0. The molecule has 0 aliphatic heterocycles. The summed E-state index contributed by atoms with van der Waals surface area (Å²) in [5, 5.41) is 0. The molecule has 0 aliphatic rings. The van der Waals surface area contributed by atoms with Crippen LogP contribution in [-0.2, 0) is 0 Å². The zero-order chi connectivity index (χ0) is 11.0. The Kier molecular flexibility index (Phi) is 2.89. The lowest BCUT2D eigenvalue weighted by molar-refractivity contribution is 0.0823. The quantitative estimate of drug-likeness (QED) is 0.333. The molecule has 14 heavy (non-hydrogen) atoms. The second-order valence-corrected chi connectivity index (χ2v) is 3.01. The third-order valence-electron chi connectivity index (χ3n) is 1.41. The van der Waals surface area contributed by atoms with E-state index in [2.05, 4.69) is 15.9 Å². The molecule has 0 saturated carbocycles. The molecule has 1 rings (SSSR count). The summed E-state index contributed by atoms with van der Waals surface area (Å²) >= 11 is 2.20. The first-order chi connectivity index (χ1) is 6.37. The molecule has 7 heteroatoms. The highest BCUT2D eigenvalue weighted by Gasteiger charge is 2.28. The first kappa shape index (κ1) is 11.1. The number of carbonyl (C=O) groups excluding carboxylic acids is 1. The summed E-state index contributed by atoms with van der Waals surface area (Å²) in [4.78, 5) is 10.0. The molecule has 0 unspecified atom stereocenters. The SMILES string of the molecule is O=C(F)c1c(F)c(F)c(Br)c(F)c1F. The van der Waals surface area contributed by atoms with Crippen molar-refractivity contribution >= 4 is 22.0 Å².